The van der Waals surface area contributed by atoms with E-state index >= 15 is 0 Å². The largest absolute Gasteiger partial charge is 0.300 e. The van der Waals surface area contributed by atoms with Crippen LogP contribution in [0.25, 0.3) is 16.8 Å². The first-order valence-electron chi connectivity index (χ1n) is 7.72. The molecule has 3 nitrogen and oxygen atoms in total. The molecule has 0 spiro atoms. The zero-order valence-corrected chi connectivity index (χ0v) is 14.6. The maximum Gasteiger partial charge on any atom is 0.264 e. The minimum atomic E-state index is -0.140. The van der Waals surface area contributed by atoms with E-state index in [0.717, 1.165) is 22.0 Å². The molecule has 0 atom stereocenters. The number of hydrogen-bond donors (Lipinski definition) is 1. The highest BCUT2D eigenvalue weighted by Gasteiger charge is 2.23. The molecule has 0 unspecified atom stereocenters. The van der Waals surface area contributed by atoms with Crippen LogP contribution < -0.4 is 5.32 Å². The SMILES string of the molecule is O=C1NC(=Nc2cccc3ccccc23)SC1=Cc1ccc(Cl)cc1. The van der Waals surface area contributed by atoms with Gasteiger partial charge in [0.05, 0.1) is 10.6 Å². The van der Waals surface area contributed by atoms with E-state index in [-0.39, 0.29) is 5.91 Å². The van der Waals surface area contributed by atoms with Crippen molar-refractivity contribution >= 4 is 57.0 Å². The number of nitrogens with one attached hydrogen (secondary N) is 1. The summed E-state index contributed by atoms with van der Waals surface area (Å²) in [5.41, 5.74) is 1.77. The van der Waals surface area contributed by atoms with Crippen LogP contribution in [0.4, 0.5) is 5.69 Å². The van der Waals surface area contributed by atoms with Crippen LogP contribution in [0.5, 0.6) is 0 Å². The van der Waals surface area contributed by atoms with Gasteiger partial charge in [-0.3, -0.25) is 4.79 Å². The molecule has 122 valence electrons. The number of amides is 1. The smallest absolute Gasteiger partial charge is 0.264 e. The summed E-state index contributed by atoms with van der Waals surface area (Å²) >= 11 is 7.23. The third-order valence-corrected chi connectivity index (χ3v) is 4.97. The Labute approximate surface area is 154 Å². The summed E-state index contributed by atoms with van der Waals surface area (Å²) in [5.74, 6) is -0.140. The number of amidine groups is 1. The number of fused-ring (bicyclic) bond motifs is 1. The second-order valence-corrected chi connectivity index (χ2v) is 7.00. The highest BCUT2D eigenvalue weighted by atomic mass is 35.5. The number of aliphatic imine (C=N–C) groups is 1. The van der Waals surface area contributed by atoms with Gasteiger partial charge in [0.1, 0.15) is 0 Å². The molecule has 0 radical (unpaired) electrons. The van der Waals surface area contributed by atoms with Crippen molar-refractivity contribution in [2.24, 2.45) is 4.99 Å². The zero-order chi connectivity index (χ0) is 17.2. The lowest BCUT2D eigenvalue weighted by Gasteiger charge is -2.02. The average Bonchev–Trinajstić information content (AvgIpc) is 2.96. The van der Waals surface area contributed by atoms with Crippen LogP contribution in [0.3, 0.4) is 0 Å². The topological polar surface area (TPSA) is 41.5 Å². The molecule has 0 bridgehead atoms. The fourth-order valence-electron chi connectivity index (χ4n) is 2.61. The molecular formula is C20H13ClN2OS. The van der Waals surface area contributed by atoms with E-state index in [2.05, 4.69) is 10.3 Å². The van der Waals surface area contributed by atoms with Gasteiger partial charge >= 0.3 is 0 Å². The van der Waals surface area contributed by atoms with Gasteiger partial charge in [0.15, 0.2) is 5.17 Å². The van der Waals surface area contributed by atoms with E-state index in [1.54, 1.807) is 12.1 Å². The lowest BCUT2D eigenvalue weighted by atomic mass is 10.1. The molecule has 4 rings (SSSR count). The van der Waals surface area contributed by atoms with Crippen LogP contribution in [0.1, 0.15) is 5.56 Å². The van der Waals surface area contributed by atoms with E-state index in [1.807, 2.05) is 60.7 Å². The lowest BCUT2D eigenvalue weighted by Crippen LogP contribution is -2.19. The molecular weight excluding hydrogens is 352 g/mol. The summed E-state index contributed by atoms with van der Waals surface area (Å²) < 4.78 is 0. The van der Waals surface area contributed by atoms with Crippen molar-refractivity contribution in [1.82, 2.24) is 5.32 Å². The monoisotopic (exact) mass is 364 g/mol. The number of halogens is 1. The average molecular weight is 365 g/mol. The third-order valence-electron chi connectivity index (χ3n) is 3.81. The normalized spacial score (nSPS) is 17.4. The fraction of sp³-hybridized carbons (Fsp3) is 0. The first kappa shape index (κ1) is 15.9. The van der Waals surface area contributed by atoms with Crippen molar-refractivity contribution < 1.29 is 4.79 Å². The second-order valence-electron chi connectivity index (χ2n) is 5.53. The van der Waals surface area contributed by atoms with Crippen molar-refractivity contribution in [3.05, 3.63) is 82.2 Å². The summed E-state index contributed by atoms with van der Waals surface area (Å²) in [6.07, 6.45) is 1.84. The van der Waals surface area contributed by atoms with Gasteiger partial charge in [-0.15, -0.1) is 0 Å². The molecule has 25 heavy (non-hydrogen) atoms. The van der Waals surface area contributed by atoms with Crippen LogP contribution in [-0.4, -0.2) is 11.1 Å². The number of benzene rings is 3. The zero-order valence-electron chi connectivity index (χ0n) is 13.1. The molecule has 1 amide bonds. The Morgan fingerprint density at radius 2 is 1.72 bits per heavy atom. The summed E-state index contributed by atoms with van der Waals surface area (Å²) in [6.45, 7) is 0. The third kappa shape index (κ3) is 3.45. The molecule has 1 aliphatic heterocycles. The first-order chi connectivity index (χ1) is 12.2. The van der Waals surface area contributed by atoms with Crippen molar-refractivity contribution in [1.29, 1.82) is 0 Å². The maximum absolute atomic E-state index is 12.2. The lowest BCUT2D eigenvalue weighted by molar-refractivity contribution is -0.115. The standard InChI is InChI=1S/C20H13ClN2OS/c21-15-10-8-13(9-11-15)12-18-19(24)23-20(25-18)22-17-7-3-5-14-4-1-2-6-16(14)17/h1-12H,(H,22,23,24). The molecule has 0 saturated carbocycles. The van der Waals surface area contributed by atoms with E-state index < -0.39 is 0 Å². The van der Waals surface area contributed by atoms with E-state index in [4.69, 9.17) is 11.6 Å². The Balaban J connectivity index is 1.65. The van der Waals surface area contributed by atoms with Gasteiger partial charge in [-0.2, -0.15) is 0 Å². The number of carbonyl (C=O) groups excluding carboxylic acids is 1. The first-order valence-corrected chi connectivity index (χ1v) is 8.91. The Bertz CT molecular complexity index is 1020. The van der Waals surface area contributed by atoms with Gasteiger partial charge < -0.3 is 5.32 Å². The van der Waals surface area contributed by atoms with Crippen molar-refractivity contribution in [2.45, 2.75) is 0 Å². The van der Waals surface area contributed by atoms with Crippen LogP contribution in [-0.2, 0) is 4.79 Å². The van der Waals surface area contributed by atoms with Gasteiger partial charge in [-0.1, -0.05) is 60.1 Å². The fourth-order valence-corrected chi connectivity index (χ4v) is 3.57. The van der Waals surface area contributed by atoms with Gasteiger partial charge in [-0.25, -0.2) is 4.99 Å². The van der Waals surface area contributed by atoms with E-state index in [0.29, 0.717) is 15.1 Å². The highest BCUT2D eigenvalue weighted by Crippen LogP contribution is 2.31. The minimum Gasteiger partial charge on any atom is -0.300 e. The number of thioether (sulfide) groups is 1. The Kier molecular flexibility index (Phi) is 4.30. The van der Waals surface area contributed by atoms with Crippen molar-refractivity contribution in [3.8, 4) is 0 Å². The van der Waals surface area contributed by atoms with Crippen molar-refractivity contribution in [2.75, 3.05) is 0 Å². The van der Waals surface area contributed by atoms with Crippen LogP contribution >= 0.6 is 23.4 Å². The van der Waals surface area contributed by atoms with Gasteiger partial charge in [0.25, 0.3) is 5.91 Å². The van der Waals surface area contributed by atoms with E-state index in [9.17, 15) is 4.79 Å². The summed E-state index contributed by atoms with van der Waals surface area (Å²) in [4.78, 5) is 17.4. The molecule has 1 saturated heterocycles. The van der Waals surface area contributed by atoms with Gasteiger partial charge in [0, 0.05) is 10.4 Å². The molecule has 1 heterocycles. The van der Waals surface area contributed by atoms with Crippen LogP contribution in [0, 0.1) is 0 Å². The molecule has 1 fully saturated rings. The number of carbonyl (C=O) groups is 1. The Hall–Kier alpha value is -2.56. The van der Waals surface area contributed by atoms with Gasteiger partial charge in [-0.05, 0) is 47.0 Å². The maximum atomic E-state index is 12.2. The molecule has 1 aliphatic rings. The minimum absolute atomic E-state index is 0.140. The molecule has 3 aromatic carbocycles. The molecule has 1 N–H and O–H groups in total. The van der Waals surface area contributed by atoms with Crippen molar-refractivity contribution in [3.63, 3.8) is 0 Å². The quantitative estimate of drug-likeness (QED) is 0.620. The highest BCUT2D eigenvalue weighted by molar-refractivity contribution is 8.18. The van der Waals surface area contributed by atoms with E-state index in [1.165, 1.54) is 11.8 Å². The second kappa shape index (κ2) is 6.75. The molecule has 5 heteroatoms. The molecule has 0 aromatic heterocycles. The van der Waals surface area contributed by atoms with Crippen LogP contribution in [0.15, 0.2) is 76.6 Å². The number of hydrogen-bond acceptors (Lipinski definition) is 3. The predicted octanol–water partition coefficient (Wildman–Crippen LogP) is 5.38. The molecule has 3 aromatic rings. The Morgan fingerprint density at radius 3 is 2.56 bits per heavy atom. The predicted molar refractivity (Wildman–Crippen MR) is 106 cm³/mol. The van der Waals surface area contributed by atoms with Gasteiger partial charge in [0.2, 0.25) is 0 Å². The summed E-state index contributed by atoms with van der Waals surface area (Å²) in [6, 6.07) is 21.4. The summed E-state index contributed by atoms with van der Waals surface area (Å²) in [7, 11) is 0. The summed E-state index contributed by atoms with van der Waals surface area (Å²) in [5, 5.41) is 6.26. The number of rotatable bonds is 2. The van der Waals surface area contributed by atoms with Crippen LogP contribution in [0.2, 0.25) is 5.02 Å². The Morgan fingerprint density at radius 1 is 0.960 bits per heavy atom. The number of nitrogens with zero attached hydrogens (tertiary/aromatic N) is 1. The molecule has 0 aliphatic carbocycles.